The summed E-state index contributed by atoms with van der Waals surface area (Å²) in [6, 6.07) is 3.80. The number of guanidine groups is 1. The standard InChI is InChI=1S/C18H31N3O3/c1-19-18(21(2)10-6-16-7-13-22-14-8-16)20-9-4-11-23-15-17-5-3-12-24-17/h3,5,12,16H,4,6-11,13-15H2,1-2H3,(H,19,20). The van der Waals surface area contributed by atoms with Crippen LogP contribution in [0.15, 0.2) is 27.8 Å². The van der Waals surface area contributed by atoms with Crippen LogP contribution in [0.25, 0.3) is 0 Å². The molecule has 0 spiro atoms. The molecule has 0 radical (unpaired) electrons. The lowest BCUT2D eigenvalue weighted by Crippen LogP contribution is -2.40. The summed E-state index contributed by atoms with van der Waals surface area (Å²) in [7, 11) is 3.93. The molecule has 1 aromatic heterocycles. The Bertz CT molecular complexity index is 456. The molecule has 1 aliphatic rings. The molecule has 2 heterocycles. The molecule has 0 aromatic carbocycles. The van der Waals surface area contributed by atoms with Crippen molar-refractivity contribution in [1.82, 2.24) is 10.2 Å². The van der Waals surface area contributed by atoms with Crippen molar-refractivity contribution < 1.29 is 13.9 Å². The lowest BCUT2D eigenvalue weighted by atomic mass is 9.96. The lowest BCUT2D eigenvalue weighted by molar-refractivity contribution is 0.0625. The van der Waals surface area contributed by atoms with Gasteiger partial charge < -0.3 is 24.1 Å². The van der Waals surface area contributed by atoms with Crippen LogP contribution < -0.4 is 5.32 Å². The van der Waals surface area contributed by atoms with Gasteiger partial charge in [0, 0.05) is 47.0 Å². The van der Waals surface area contributed by atoms with Gasteiger partial charge in [-0.2, -0.15) is 0 Å². The van der Waals surface area contributed by atoms with E-state index in [1.807, 2.05) is 19.2 Å². The summed E-state index contributed by atoms with van der Waals surface area (Å²) in [6.07, 6.45) is 6.18. The summed E-state index contributed by atoms with van der Waals surface area (Å²) in [5.41, 5.74) is 0. The fourth-order valence-electron chi connectivity index (χ4n) is 2.84. The zero-order valence-corrected chi connectivity index (χ0v) is 15.0. The van der Waals surface area contributed by atoms with Gasteiger partial charge in [0.05, 0.1) is 6.26 Å². The first-order valence-corrected chi connectivity index (χ1v) is 8.89. The van der Waals surface area contributed by atoms with Gasteiger partial charge in [-0.1, -0.05) is 0 Å². The van der Waals surface area contributed by atoms with Crippen LogP contribution in [0.3, 0.4) is 0 Å². The minimum absolute atomic E-state index is 0.534. The molecule has 0 amide bonds. The summed E-state index contributed by atoms with van der Waals surface area (Å²) >= 11 is 0. The highest BCUT2D eigenvalue weighted by molar-refractivity contribution is 5.79. The van der Waals surface area contributed by atoms with Gasteiger partial charge in [0.15, 0.2) is 5.96 Å². The van der Waals surface area contributed by atoms with Crippen LogP contribution in [0, 0.1) is 5.92 Å². The van der Waals surface area contributed by atoms with Crippen molar-refractivity contribution in [3.63, 3.8) is 0 Å². The van der Waals surface area contributed by atoms with E-state index in [9.17, 15) is 0 Å². The summed E-state index contributed by atoms with van der Waals surface area (Å²) < 4.78 is 16.2. The highest BCUT2D eigenvalue weighted by Gasteiger charge is 2.15. The number of nitrogens with zero attached hydrogens (tertiary/aromatic N) is 2. The molecule has 136 valence electrons. The van der Waals surface area contributed by atoms with Gasteiger partial charge in [-0.3, -0.25) is 4.99 Å². The Morgan fingerprint density at radius 2 is 2.25 bits per heavy atom. The zero-order chi connectivity index (χ0) is 17.0. The molecular formula is C18H31N3O3. The van der Waals surface area contributed by atoms with Crippen LogP contribution in [0.5, 0.6) is 0 Å². The number of nitrogens with one attached hydrogen (secondary N) is 1. The van der Waals surface area contributed by atoms with E-state index < -0.39 is 0 Å². The molecule has 1 saturated heterocycles. The van der Waals surface area contributed by atoms with Crippen molar-refractivity contribution in [1.29, 1.82) is 0 Å². The summed E-state index contributed by atoms with van der Waals surface area (Å²) in [5, 5.41) is 3.40. The number of furan rings is 1. The van der Waals surface area contributed by atoms with E-state index in [1.165, 1.54) is 19.3 Å². The van der Waals surface area contributed by atoms with Crippen molar-refractivity contribution >= 4 is 5.96 Å². The van der Waals surface area contributed by atoms with E-state index in [4.69, 9.17) is 13.9 Å². The molecule has 1 aliphatic heterocycles. The summed E-state index contributed by atoms with van der Waals surface area (Å²) in [5.74, 6) is 2.61. The second kappa shape index (κ2) is 11.1. The average Bonchev–Trinajstić information content (AvgIpc) is 3.13. The molecule has 6 nitrogen and oxygen atoms in total. The topological polar surface area (TPSA) is 59.2 Å². The largest absolute Gasteiger partial charge is 0.467 e. The van der Waals surface area contributed by atoms with Crippen molar-refractivity contribution in [3.8, 4) is 0 Å². The maximum atomic E-state index is 5.58. The maximum Gasteiger partial charge on any atom is 0.193 e. The van der Waals surface area contributed by atoms with Crippen LogP contribution in [-0.2, 0) is 16.1 Å². The molecule has 0 atom stereocenters. The minimum Gasteiger partial charge on any atom is -0.467 e. The van der Waals surface area contributed by atoms with E-state index >= 15 is 0 Å². The maximum absolute atomic E-state index is 5.58. The van der Waals surface area contributed by atoms with Gasteiger partial charge >= 0.3 is 0 Å². The molecule has 1 N–H and O–H groups in total. The smallest absolute Gasteiger partial charge is 0.193 e. The lowest BCUT2D eigenvalue weighted by Gasteiger charge is -2.26. The number of rotatable bonds is 9. The molecule has 0 unspecified atom stereocenters. The van der Waals surface area contributed by atoms with Gasteiger partial charge in [-0.05, 0) is 43.7 Å². The van der Waals surface area contributed by atoms with E-state index in [0.29, 0.717) is 13.2 Å². The van der Waals surface area contributed by atoms with E-state index in [2.05, 4.69) is 22.3 Å². The fraction of sp³-hybridized carbons (Fsp3) is 0.722. The number of hydrogen-bond donors (Lipinski definition) is 1. The van der Waals surface area contributed by atoms with Crippen molar-refractivity contribution in [2.45, 2.75) is 32.3 Å². The Balaban J connectivity index is 1.53. The zero-order valence-electron chi connectivity index (χ0n) is 15.0. The van der Waals surface area contributed by atoms with Crippen LogP contribution in [0.4, 0.5) is 0 Å². The Morgan fingerprint density at radius 1 is 1.42 bits per heavy atom. The third-order valence-electron chi connectivity index (χ3n) is 4.36. The average molecular weight is 337 g/mol. The van der Waals surface area contributed by atoms with Crippen LogP contribution >= 0.6 is 0 Å². The Morgan fingerprint density at radius 3 is 2.96 bits per heavy atom. The summed E-state index contributed by atoms with van der Waals surface area (Å²) in [4.78, 5) is 6.57. The predicted octanol–water partition coefficient (Wildman–Crippen LogP) is 2.51. The Hall–Kier alpha value is -1.53. The van der Waals surface area contributed by atoms with Crippen molar-refractivity contribution in [3.05, 3.63) is 24.2 Å². The Labute approximate surface area is 145 Å². The monoisotopic (exact) mass is 337 g/mol. The molecule has 0 aliphatic carbocycles. The molecule has 1 aromatic rings. The van der Waals surface area contributed by atoms with Gasteiger partial charge in [-0.15, -0.1) is 0 Å². The first-order chi connectivity index (χ1) is 11.8. The van der Waals surface area contributed by atoms with Crippen molar-refractivity contribution in [2.24, 2.45) is 10.9 Å². The second-order valence-corrected chi connectivity index (χ2v) is 6.23. The van der Waals surface area contributed by atoms with Gasteiger partial charge in [-0.25, -0.2) is 0 Å². The first kappa shape index (κ1) is 18.8. The third kappa shape index (κ3) is 6.93. The third-order valence-corrected chi connectivity index (χ3v) is 4.36. The molecule has 0 saturated carbocycles. The predicted molar refractivity (Wildman–Crippen MR) is 95.1 cm³/mol. The number of aliphatic imine (C=N–C) groups is 1. The molecular weight excluding hydrogens is 306 g/mol. The van der Waals surface area contributed by atoms with Crippen LogP contribution in [-0.4, -0.2) is 57.9 Å². The van der Waals surface area contributed by atoms with Gasteiger partial charge in [0.1, 0.15) is 12.4 Å². The first-order valence-electron chi connectivity index (χ1n) is 8.89. The number of ether oxygens (including phenoxy) is 2. The number of hydrogen-bond acceptors (Lipinski definition) is 4. The quantitative estimate of drug-likeness (QED) is 0.426. The van der Waals surface area contributed by atoms with Gasteiger partial charge in [0.25, 0.3) is 0 Å². The minimum atomic E-state index is 0.534. The highest BCUT2D eigenvalue weighted by Crippen LogP contribution is 2.18. The van der Waals surface area contributed by atoms with E-state index in [-0.39, 0.29) is 0 Å². The highest BCUT2D eigenvalue weighted by atomic mass is 16.5. The molecule has 1 fully saturated rings. The molecule has 0 bridgehead atoms. The van der Waals surface area contributed by atoms with E-state index in [1.54, 1.807) is 6.26 Å². The van der Waals surface area contributed by atoms with Crippen molar-refractivity contribution in [2.75, 3.05) is 47.0 Å². The SMILES string of the molecule is CN=C(NCCCOCc1ccco1)N(C)CCC1CCOCC1. The van der Waals surface area contributed by atoms with E-state index in [0.717, 1.165) is 50.4 Å². The summed E-state index contributed by atoms with van der Waals surface area (Å²) in [6.45, 7) is 4.95. The molecule has 6 heteroatoms. The molecule has 24 heavy (non-hydrogen) atoms. The normalized spacial score (nSPS) is 16.3. The van der Waals surface area contributed by atoms with Crippen LogP contribution in [0.2, 0.25) is 0 Å². The fourth-order valence-corrected chi connectivity index (χ4v) is 2.84. The second-order valence-electron chi connectivity index (χ2n) is 6.23. The molecule has 2 rings (SSSR count). The van der Waals surface area contributed by atoms with Crippen LogP contribution in [0.1, 0.15) is 31.4 Å². The van der Waals surface area contributed by atoms with Gasteiger partial charge in [0.2, 0.25) is 0 Å². The Kier molecular flexibility index (Phi) is 8.70.